The maximum Gasteiger partial charge on any atom is 0.124 e. The lowest BCUT2D eigenvalue weighted by Gasteiger charge is -2.13. The summed E-state index contributed by atoms with van der Waals surface area (Å²) in [6.45, 7) is 5.47. The van der Waals surface area contributed by atoms with Crippen molar-refractivity contribution in [3.05, 3.63) is 64.2 Å². The third kappa shape index (κ3) is 5.34. The van der Waals surface area contributed by atoms with Gasteiger partial charge in [-0.3, -0.25) is 0 Å². The van der Waals surface area contributed by atoms with Crippen molar-refractivity contribution in [3.63, 3.8) is 0 Å². The van der Waals surface area contributed by atoms with Gasteiger partial charge in [0.05, 0.1) is 6.10 Å². The van der Waals surface area contributed by atoms with E-state index < -0.39 is 0 Å². The van der Waals surface area contributed by atoms with E-state index in [1.54, 1.807) is 6.92 Å². The zero-order valence-electron chi connectivity index (χ0n) is 13.0. The predicted molar refractivity (Wildman–Crippen MR) is 90.4 cm³/mol. The molecule has 2 N–H and O–H groups in total. The van der Waals surface area contributed by atoms with Crippen molar-refractivity contribution in [1.29, 1.82) is 0 Å². The number of aliphatic hydroxyl groups is 1. The van der Waals surface area contributed by atoms with Crippen LogP contribution in [-0.2, 0) is 13.2 Å². The Balaban J connectivity index is 2.01. The van der Waals surface area contributed by atoms with E-state index >= 15 is 0 Å². The maximum atomic E-state index is 9.31. The van der Waals surface area contributed by atoms with E-state index in [9.17, 15) is 5.11 Å². The second-order valence-corrected chi connectivity index (χ2v) is 5.94. The van der Waals surface area contributed by atoms with Crippen molar-refractivity contribution in [2.75, 3.05) is 6.54 Å². The fourth-order valence-electron chi connectivity index (χ4n) is 2.09. The van der Waals surface area contributed by atoms with Gasteiger partial charge in [-0.1, -0.05) is 41.4 Å². The summed E-state index contributed by atoms with van der Waals surface area (Å²) in [4.78, 5) is 0. The summed E-state index contributed by atoms with van der Waals surface area (Å²) in [5.41, 5.74) is 3.35. The minimum atomic E-state index is -0.379. The molecule has 0 saturated carbocycles. The number of hydrogen-bond donors (Lipinski definition) is 2. The molecule has 22 heavy (non-hydrogen) atoms. The molecule has 0 aliphatic rings. The van der Waals surface area contributed by atoms with Crippen molar-refractivity contribution in [2.45, 2.75) is 33.1 Å². The molecule has 0 saturated heterocycles. The molecule has 0 fully saturated rings. The van der Waals surface area contributed by atoms with E-state index in [2.05, 4.69) is 36.5 Å². The molecule has 0 heterocycles. The molecular formula is C18H22ClNO2. The summed E-state index contributed by atoms with van der Waals surface area (Å²) in [5.74, 6) is 0.808. The Morgan fingerprint density at radius 3 is 2.59 bits per heavy atom. The number of nitrogens with one attached hydrogen (secondary N) is 1. The highest BCUT2D eigenvalue weighted by atomic mass is 35.5. The molecule has 4 heteroatoms. The molecule has 1 atom stereocenters. The Hall–Kier alpha value is -1.55. The quantitative estimate of drug-likeness (QED) is 0.817. The lowest BCUT2D eigenvalue weighted by molar-refractivity contribution is 0.190. The minimum absolute atomic E-state index is 0.379. The monoisotopic (exact) mass is 319 g/mol. The molecule has 0 spiro atoms. The van der Waals surface area contributed by atoms with Crippen LogP contribution in [0.4, 0.5) is 0 Å². The van der Waals surface area contributed by atoms with E-state index in [1.165, 1.54) is 5.56 Å². The van der Waals surface area contributed by atoms with E-state index in [-0.39, 0.29) is 6.10 Å². The largest absolute Gasteiger partial charge is 0.489 e. The van der Waals surface area contributed by atoms with E-state index in [0.29, 0.717) is 24.7 Å². The van der Waals surface area contributed by atoms with Gasteiger partial charge in [-0.2, -0.15) is 0 Å². The number of aliphatic hydroxyl groups excluding tert-OH is 1. The third-order valence-corrected chi connectivity index (χ3v) is 3.53. The van der Waals surface area contributed by atoms with Crippen LogP contribution in [0.5, 0.6) is 5.75 Å². The van der Waals surface area contributed by atoms with Crippen molar-refractivity contribution in [3.8, 4) is 5.75 Å². The van der Waals surface area contributed by atoms with Gasteiger partial charge in [0, 0.05) is 23.7 Å². The Morgan fingerprint density at radius 2 is 1.91 bits per heavy atom. The Bertz CT molecular complexity index is 597. The molecule has 0 unspecified atom stereocenters. The number of aryl methyl sites for hydroxylation is 1. The van der Waals surface area contributed by atoms with Crippen molar-refractivity contribution >= 4 is 11.6 Å². The second-order valence-electron chi connectivity index (χ2n) is 5.51. The van der Waals surface area contributed by atoms with E-state index in [0.717, 1.165) is 16.9 Å². The van der Waals surface area contributed by atoms with E-state index in [4.69, 9.17) is 16.3 Å². The number of benzene rings is 2. The van der Waals surface area contributed by atoms with Crippen LogP contribution >= 0.6 is 11.6 Å². The first-order valence-corrected chi connectivity index (χ1v) is 7.78. The Kier molecular flexibility index (Phi) is 6.25. The van der Waals surface area contributed by atoms with Gasteiger partial charge in [-0.25, -0.2) is 0 Å². The van der Waals surface area contributed by atoms with Crippen LogP contribution in [0.3, 0.4) is 0 Å². The smallest absolute Gasteiger partial charge is 0.124 e. The lowest BCUT2D eigenvalue weighted by Crippen LogP contribution is -2.24. The standard InChI is InChI=1S/C18H22ClNO2/c1-13-3-5-15(6-4-13)12-22-18-8-7-17(19)9-16(18)11-20-10-14(2)21/h3-9,14,20-21H,10-12H2,1-2H3/t14-/m0/s1. The van der Waals surface area contributed by atoms with Crippen LogP contribution in [0.1, 0.15) is 23.6 Å². The fourth-order valence-corrected chi connectivity index (χ4v) is 2.28. The highest BCUT2D eigenvalue weighted by Gasteiger charge is 2.06. The molecule has 0 radical (unpaired) electrons. The van der Waals surface area contributed by atoms with E-state index in [1.807, 2.05) is 18.2 Å². The number of rotatable bonds is 7. The zero-order valence-corrected chi connectivity index (χ0v) is 13.7. The second kappa shape index (κ2) is 8.18. The van der Waals surface area contributed by atoms with Gasteiger partial charge in [-0.15, -0.1) is 0 Å². The number of hydrogen-bond acceptors (Lipinski definition) is 3. The van der Waals surface area contributed by atoms with Crippen LogP contribution in [-0.4, -0.2) is 17.8 Å². The topological polar surface area (TPSA) is 41.5 Å². The van der Waals surface area contributed by atoms with Crippen LogP contribution in [0, 0.1) is 6.92 Å². The Morgan fingerprint density at radius 1 is 1.18 bits per heavy atom. The minimum Gasteiger partial charge on any atom is -0.489 e. The molecule has 0 bridgehead atoms. The van der Waals surface area contributed by atoms with Crippen LogP contribution < -0.4 is 10.1 Å². The van der Waals surface area contributed by atoms with Gasteiger partial charge < -0.3 is 15.2 Å². The summed E-state index contributed by atoms with van der Waals surface area (Å²) in [6, 6.07) is 13.9. The van der Waals surface area contributed by atoms with Crippen molar-refractivity contribution in [2.24, 2.45) is 0 Å². The summed E-state index contributed by atoms with van der Waals surface area (Å²) >= 11 is 6.06. The van der Waals surface area contributed by atoms with Gasteiger partial charge in [0.1, 0.15) is 12.4 Å². The highest BCUT2D eigenvalue weighted by Crippen LogP contribution is 2.24. The maximum absolute atomic E-state index is 9.31. The first-order valence-electron chi connectivity index (χ1n) is 7.40. The summed E-state index contributed by atoms with van der Waals surface area (Å²) < 4.78 is 5.91. The number of halogens is 1. The molecule has 0 amide bonds. The average molecular weight is 320 g/mol. The zero-order chi connectivity index (χ0) is 15.9. The molecule has 2 rings (SSSR count). The fraction of sp³-hybridized carbons (Fsp3) is 0.333. The van der Waals surface area contributed by atoms with Crippen LogP contribution in [0.25, 0.3) is 0 Å². The molecule has 3 nitrogen and oxygen atoms in total. The first-order chi connectivity index (χ1) is 10.5. The molecule has 0 aliphatic heterocycles. The molecular weight excluding hydrogens is 298 g/mol. The lowest BCUT2D eigenvalue weighted by atomic mass is 10.1. The van der Waals surface area contributed by atoms with Crippen molar-refractivity contribution < 1.29 is 9.84 Å². The summed E-state index contributed by atoms with van der Waals surface area (Å²) in [7, 11) is 0. The summed E-state index contributed by atoms with van der Waals surface area (Å²) in [6.07, 6.45) is -0.379. The Labute approximate surface area is 136 Å². The molecule has 2 aromatic carbocycles. The molecule has 0 aliphatic carbocycles. The van der Waals surface area contributed by atoms with Gasteiger partial charge in [0.2, 0.25) is 0 Å². The summed E-state index contributed by atoms with van der Waals surface area (Å²) in [5, 5.41) is 13.2. The third-order valence-electron chi connectivity index (χ3n) is 3.29. The molecule has 2 aromatic rings. The normalized spacial score (nSPS) is 12.2. The predicted octanol–water partition coefficient (Wildman–Crippen LogP) is 3.70. The van der Waals surface area contributed by atoms with Crippen molar-refractivity contribution in [1.82, 2.24) is 5.32 Å². The number of ether oxygens (including phenoxy) is 1. The SMILES string of the molecule is Cc1ccc(COc2ccc(Cl)cc2CNC[C@H](C)O)cc1. The van der Waals surface area contributed by atoms with Crippen LogP contribution in [0.15, 0.2) is 42.5 Å². The van der Waals surface area contributed by atoms with Gasteiger partial charge in [0.25, 0.3) is 0 Å². The van der Waals surface area contributed by atoms with Gasteiger partial charge in [0.15, 0.2) is 0 Å². The van der Waals surface area contributed by atoms with Gasteiger partial charge in [-0.05, 0) is 37.6 Å². The van der Waals surface area contributed by atoms with Crippen LogP contribution in [0.2, 0.25) is 5.02 Å². The highest BCUT2D eigenvalue weighted by molar-refractivity contribution is 6.30. The first kappa shape index (κ1) is 16.8. The average Bonchev–Trinajstić information content (AvgIpc) is 2.48. The molecule has 118 valence electrons. The van der Waals surface area contributed by atoms with Gasteiger partial charge >= 0.3 is 0 Å². The molecule has 0 aromatic heterocycles.